The smallest absolute Gasteiger partial charge is 0.256 e. The quantitative estimate of drug-likeness (QED) is 0.828. The molecule has 2 nitrogen and oxygen atoms in total. The van der Waals surface area contributed by atoms with Crippen LogP contribution < -0.4 is 4.74 Å². The van der Waals surface area contributed by atoms with E-state index in [1.54, 1.807) is 18.2 Å². The lowest BCUT2D eigenvalue weighted by molar-refractivity contribution is 0.416. The van der Waals surface area contributed by atoms with Gasteiger partial charge in [-0.15, -0.1) is 0 Å². The molecule has 1 heterocycles. The highest BCUT2D eigenvalue weighted by Crippen LogP contribution is 2.26. The fourth-order valence-electron chi connectivity index (χ4n) is 1.27. The van der Waals surface area contributed by atoms with Crippen LogP contribution in [0.1, 0.15) is 5.56 Å². The van der Waals surface area contributed by atoms with Gasteiger partial charge in [-0.05, 0) is 30.7 Å². The number of hydrogen-bond acceptors (Lipinski definition) is 2. The van der Waals surface area contributed by atoms with Crippen molar-refractivity contribution in [3.8, 4) is 11.6 Å². The monoisotopic (exact) mass is 299 g/mol. The van der Waals surface area contributed by atoms with E-state index in [0.29, 0.717) is 5.75 Å². The van der Waals surface area contributed by atoms with E-state index < -0.39 is 11.6 Å². The van der Waals surface area contributed by atoms with E-state index in [-0.39, 0.29) is 5.88 Å². The van der Waals surface area contributed by atoms with Crippen molar-refractivity contribution in [2.24, 2.45) is 0 Å². The highest BCUT2D eigenvalue weighted by atomic mass is 79.9. The maximum atomic E-state index is 13.3. The van der Waals surface area contributed by atoms with E-state index in [1.807, 2.05) is 6.92 Å². The van der Waals surface area contributed by atoms with Crippen molar-refractivity contribution < 1.29 is 13.5 Å². The Kier molecular flexibility index (Phi) is 3.38. The second kappa shape index (κ2) is 4.79. The Labute approximate surface area is 105 Å². The van der Waals surface area contributed by atoms with Crippen LogP contribution in [0, 0.1) is 18.6 Å². The molecule has 0 aliphatic carbocycles. The standard InChI is InChI=1S/C12H8BrF2NO/c1-7-4-9(2-3-10(7)13)17-12-11(15)5-8(14)6-16-12/h2-6H,1H3. The number of halogens is 3. The molecule has 0 fully saturated rings. The highest BCUT2D eigenvalue weighted by molar-refractivity contribution is 9.10. The van der Waals surface area contributed by atoms with Gasteiger partial charge < -0.3 is 4.74 Å². The molecule has 2 aromatic rings. The Bertz CT molecular complexity index is 560. The van der Waals surface area contributed by atoms with Crippen LogP contribution in [0.5, 0.6) is 11.6 Å². The number of benzene rings is 1. The number of rotatable bonds is 2. The van der Waals surface area contributed by atoms with E-state index >= 15 is 0 Å². The Balaban J connectivity index is 2.28. The van der Waals surface area contributed by atoms with Crippen molar-refractivity contribution in [2.45, 2.75) is 6.92 Å². The van der Waals surface area contributed by atoms with E-state index in [0.717, 1.165) is 22.3 Å². The molecule has 0 atom stereocenters. The van der Waals surface area contributed by atoms with Crippen molar-refractivity contribution >= 4 is 15.9 Å². The first-order valence-electron chi connectivity index (χ1n) is 4.81. The number of nitrogens with zero attached hydrogens (tertiary/aromatic N) is 1. The van der Waals surface area contributed by atoms with Gasteiger partial charge in [-0.25, -0.2) is 13.8 Å². The van der Waals surface area contributed by atoms with Gasteiger partial charge in [-0.2, -0.15) is 0 Å². The van der Waals surface area contributed by atoms with Gasteiger partial charge in [0.15, 0.2) is 5.82 Å². The molecular formula is C12H8BrF2NO. The molecule has 5 heteroatoms. The molecule has 0 unspecified atom stereocenters. The zero-order chi connectivity index (χ0) is 12.4. The fraction of sp³-hybridized carbons (Fsp3) is 0.0833. The predicted molar refractivity (Wildman–Crippen MR) is 63.1 cm³/mol. The van der Waals surface area contributed by atoms with Gasteiger partial charge >= 0.3 is 0 Å². The second-order valence-corrected chi connectivity index (χ2v) is 4.31. The molecule has 0 spiro atoms. The van der Waals surface area contributed by atoms with Crippen LogP contribution in [0.15, 0.2) is 34.9 Å². The summed E-state index contributed by atoms with van der Waals surface area (Å²) in [6.07, 6.45) is 0.907. The van der Waals surface area contributed by atoms with Crippen LogP contribution in [0.4, 0.5) is 8.78 Å². The highest BCUT2D eigenvalue weighted by Gasteiger charge is 2.08. The van der Waals surface area contributed by atoms with Crippen molar-refractivity contribution in [1.82, 2.24) is 4.98 Å². The predicted octanol–water partition coefficient (Wildman–Crippen LogP) is 4.22. The van der Waals surface area contributed by atoms with Crippen LogP contribution in [-0.4, -0.2) is 4.98 Å². The summed E-state index contributed by atoms with van der Waals surface area (Å²) in [4.78, 5) is 3.54. The summed E-state index contributed by atoms with van der Waals surface area (Å²) in [6, 6.07) is 5.91. The summed E-state index contributed by atoms with van der Waals surface area (Å²) in [5.74, 6) is -1.36. The summed E-state index contributed by atoms with van der Waals surface area (Å²) < 4.78 is 32.1. The summed E-state index contributed by atoms with van der Waals surface area (Å²) in [5, 5.41) is 0. The average Bonchev–Trinajstić information content (AvgIpc) is 2.27. The van der Waals surface area contributed by atoms with E-state index in [9.17, 15) is 8.78 Å². The molecule has 1 aromatic carbocycles. The molecule has 0 amide bonds. The van der Waals surface area contributed by atoms with Crippen LogP contribution in [0.3, 0.4) is 0 Å². The minimum absolute atomic E-state index is 0.242. The normalized spacial score (nSPS) is 10.4. The lowest BCUT2D eigenvalue weighted by Crippen LogP contribution is -1.93. The summed E-state index contributed by atoms with van der Waals surface area (Å²) >= 11 is 3.34. The van der Waals surface area contributed by atoms with E-state index in [2.05, 4.69) is 20.9 Å². The molecular weight excluding hydrogens is 292 g/mol. The van der Waals surface area contributed by atoms with Crippen molar-refractivity contribution in [1.29, 1.82) is 0 Å². The number of aryl methyl sites for hydroxylation is 1. The molecule has 2 rings (SSSR count). The maximum Gasteiger partial charge on any atom is 0.256 e. The topological polar surface area (TPSA) is 22.1 Å². The van der Waals surface area contributed by atoms with Gasteiger partial charge in [-0.3, -0.25) is 0 Å². The minimum atomic E-state index is -0.828. The summed E-state index contributed by atoms with van der Waals surface area (Å²) in [7, 11) is 0. The number of ether oxygens (including phenoxy) is 1. The molecule has 0 aliphatic rings. The van der Waals surface area contributed by atoms with Crippen LogP contribution in [0.2, 0.25) is 0 Å². The molecule has 0 radical (unpaired) electrons. The van der Waals surface area contributed by atoms with Gasteiger partial charge in [0.25, 0.3) is 5.88 Å². The Morgan fingerprint density at radius 1 is 1.24 bits per heavy atom. The molecule has 0 N–H and O–H groups in total. The minimum Gasteiger partial charge on any atom is -0.436 e. The molecule has 0 saturated carbocycles. The SMILES string of the molecule is Cc1cc(Oc2ncc(F)cc2F)ccc1Br. The third-order valence-corrected chi connectivity index (χ3v) is 3.01. The molecule has 17 heavy (non-hydrogen) atoms. The molecule has 88 valence electrons. The number of aromatic nitrogens is 1. The third kappa shape index (κ3) is 2.79. The van der Waals surface area contributed by atoms with Gasteiger partial charge in [0.05, 0.1) is 6.20 Å². The van der Waals surface area contributed by atoms with E-state index in [1.165, 1.54) is 0 Å². The third-order valence-electron chi connectivity index (χ3n) is 2.12. The first-order chi connectivity index (χ1) is 8.06. The number of pyridine rings is 1. The Morgan fingerprint density at radius 3 is 2.65 bits per heavy atom. The maximum absolute atomic E-state index is 13.3. The molecule has 0 bridgehead atoms. The molecule has 0 saturated heterocycles. The van der Waals surface area contributed by atoms with Gasteiger partial charge in [-0.1, -0.05) is 15.9 Å². The first-order valence-corrected chi connectivity index (χ1v) is 5.60. The van der Waals surface area contributed by atoms with Gasteiger partial charge in [0.2, 0.25) is 0 Å². The largest absolute Gasteiger partial charge is 0.436 e. The lowest BCUT2D eigenvalue weighted by atomic mass is 10.2. The summed E-state index contributed by atoms with van der Waals surface area (Å²) in [5.41, 5.74) is 0.949. The zero-order valence-electron chi connectivity index (χ0n) is 8.88. The first kappa shape index (κ1) is 12.0. The summed E-state index contributed by atoms with van der Waals surface area (Å²) in [6.45, 7) is 1.88. The Hall–Kier alpha value is -1.49. The van der Waals surface area contributed by atoms with E-state index in [4.69, 9.17) is 4.74 Å². The fourth-order valence-corrected chi connectivity index (χ4v) is 1.52. The second-order valence-electron chi connectivity index (χ2n) is 3.45. The molecule has 0 aliphatic heterocycles. The Morgan fingerprint density at radius 2 is 2.00 bits per heavy atom. The van der Waals surface area contributed by atoms with Crippen molar-refractivity contribution in [3.63, 3.8) is 0 Å². The van der Waals surface area contributed by atoms with Crippen LogP contribution in [0.25, 0.3) is 0 Å². The van der Waals surface area contributed by atoms with Crippen LogP contribution >= 0.6 is 15.9 Å². The zero-order valence-corrected chi connectivity index (χ0v) is 10.5. The lowest BCUT2D eigenvalue weighted by Gasteiger charge is -2.07. The van der Waals surface area contributed by atoms with Crippen molar-refractivity contribution in [3.05, 3.63) is 52.1 Å². The van der Waals surface area contributed by atoms with Crippen molar-refractivity contribution in [2.75, 3.05) is 0 Å². The molecule has 1 aromatic heterocycles. The van der Waals surface area contributed by atoms with Gasteiger partial charge in [0.1, 0.15) is 11.6 Å². The van der Waals surface area contributed by atoms with Crippen LogP contribution in [-0.2, 0) is 0 Å². The van der Waals surface area contributed by atoms with Gasteiger partial charge in [0, 0.05) is 10.5 Å². The number of hydrogen-bond donors (Lipinski definition) is 0. The average molecular weight is 300 g/mol.